The number of morpholine rings is 1. The van der Waals surface area contributed by atoms with Crippen molar-refractivity contribution in [1.82, 2.24) is 14.9 Å². The SMILES string of the molecule is Cc1ccc(CN2CCC(Nc3ccc4c(c3)Cc3cccc(C5CN(c6cc[nH]c(=O)c6)CCO5)c3O4)CC2)cn1. The number of nitrogens with one attached hydrogen (secondary N) is 2. The number of likely N-dealkylation sites (tertiary alicyclic amines) is 1. The summed E-state index contributed by atoms with van der Waals surface area (Å²) < 4.78 is 12.8. The zero-order valence-corrected chi connectivity index (χ0v) is 24.0. The highest BCUT2D eigenvalue weighted by molar-refractivity contribution is 5.59. The van der Waals surface area contributed by atoms with Gasteiger partial charge in [0.25, 0.3) is 0 Å². The van der Waals surface area contributed by atoms with Gasteiger partial charge in [0, 0.05) is 91.8 Å². The Kier molecular flexibility index (Phi) is 7.40. The zero-order valence-electron chi connectivity index (χ0n) is 24.0. The van der Waals surface area contributed by atoms with Crippen LogP contribution in [0.3, 0.4) is 0 Å². The van der Waals surface area contributed by atoms with E-state index >= 15 is 0 Å². The number of ether oxygens (including phenoxy) is 2. The number of pyridine rings is 2. The third-order valence-electron chi connectivity index (χ3n) is 8.65. The molecule has 0 radical (unpaired) electrons. The summed E-state index contributed by atoms with van der Waals surface area (Å²) in [5.74, 6) is 1.81. The highest BCUT2D eigenvalue weighted by Crippen LogP contribution is 2.43. The van der Waals surface area contributed by atoms with Crippen molar-refractivity contribution in [3.05, 3.63) is 111 Å². The third-order valence-corrected chi connectivity index (χ3v) is 8.65. The minimum Gasteiger partial charge on any atom is -0.456 e. The van der Waals surface area contributed by atoms with Crippen LogP contribution in [0.5, 0.6) is 11.5 Å². The summed E-state index contributed by atoms with van der Waals surface area (Å²) in [5.41, 5.74) is 7.75. The van der Waals surface area contributed by atoms with Crippen molar-refractivity contribution in [3.63, 3.8) is 0 Å². The maximum atomic E-state index is 11.9. The van der Waals surface area contributed by atoms with E-state index in [1.54, 1.807) is 12.3 Å². The van der Waals surface area contributed by atoms with Crippen molar-refractivity contribution in [1.29, 1.82) is 0 Å². The molecule has 8 nitrogen and oxygen atoms in total. The molecule has 0 bridgehead atoms. The van der Waals surface area contributed by atoms with Crippen molar-refractivity contribution in [3.8, 4) is 11.5 Å². The Balaban J connectivity index is 0.997. The summed E-state index contributed by atoms with van der Waals surface area (Å²) in [6.07, 6.45) is 6.62. The number of aryl methyl sites for hydroxylation is 1. The highest BCUT2D eigenvalue weighted by atomic mass is 16.5. The van der Waals surface area contributed by atoms with E-state index in [4.69, 9.17) is 9.47 Å². The quantitative estimate of drug-likeness (QED) is 0.285. The number of hydrogen-bond acceptors (Lipinski definition) is 7. The van der Waals surface area contributed by atoms with Gasteiger partial charge in [-0.15, -0.1) is 0 Å². The fourth-order valence-electron chi connectivity index (χ4n) is 6.37. The lowest BCUT2D eigenvalue weighted by Crippen LogP contribution is -2.39. The number of aromatic nitrogens is 2. The molecular formula is C34H37N5O3. The second kappa shape index (κ2) is 11.6. The number of piperidine rings is 1. The van der Waals surface area contributed by atoms with E-state index < -0.39 is 0 Å². The predicted octanol–water partition coefficient (Wildman–Crippen LogP) is 5.43. The van der Waals surface area contributed by atoms with Crippen molar-refractivity contribution in [2.24, 2.45) is 0 Å². The number of hydrogen-bond donors (Lipinski definition) is 2. The summed E-state index contributed by atoms with van der Waals surface area (Å²) in [4.78, 5) is 23.7. The fourth-order valence-corrected chi connectivity index (χ4v) is 6.37. The highest BCUT2D eigenvalue weighted by Gasteiger charge is 2.29. The molecule has 216 valence electrons. The van der Waals surface area contributed by atoms with Gasteiger partial charge < -0.3 is 24.7 Å². The molecule has 3 aliphatic rings. The second-order valence-electron chi connectivity index (χ2n) is 11.7. The molecule has 1 atom stereocenters. The van der Waals surface area contributed by atoms with Gasteiger partial charge >= 0.3 is 0 Å². The molecule has 0 spiro atoms. The summed E-state index contributed by atoms with van der Waals surface area (Å²) in [7, 11) is 0. The van der Waals surface area contributed by atoms with E-state index in [1.165, 1.54) is 16.7 Å². The maximum Gasteiger partial charge on any atom is 0.249 e. The van der Waals surface area contributed by atoms with Crippen LogP contribution < -0.4 is 20.5 Å². The molecule has 0 amide bonds. The smallest absolute Gasteiger partial charge is 0.249 e. The van der Waals surface area contributed by atoms with E-state index in [0.29, 0.717) is 19.2 Å². The number of rotatable bonds is 6. The zero-order chi connectivity index (χ0) is 28.5. The number of benzene rings is 2. The Labute approximate surface area is 246 Å². The van der Waals surface area contributed by atoms with Crippen LogP contribution in [0.1, 0.15) is 46.9 Å². The van der Waals surface area contributed by atoms with E-state index in [9.17, 15) is 4.79 Å². The van der Waals surface area contributed by atoms with Gasteiger partial charge in [0.2, 0.25) is 5.56 Å². The van der Waals surface area contributed by atoms with Crippen LogP contribution in [0.15, 0.2) is 77.9 Å². The van der Waals surface area contributed by atoms with Crippen molar-refractivity contribution < 1.29 is 9.47 Å². The molecule has 2 fully saturated rings. The lowest BCUT2D eigenvalue weighted by atomic mass is 9.95. The summed E-state index contributed by atoms with van der Waals surface area (Å²) in [6.45, 7) is 7.16. The van der Waals surface area contributed by atoms with E-state index in [1.807, 2.05) is 19.2 Å². The number of anilines is 2. The minimum atomic E-state index is -0.136. The van der Waals surface area contributed by atoms with Gasteiger partial charge in [-0.3, -0.25) is 14.7 Å². The third kappa shape index (κ3) is 5.78. The summed E-state index contributed by atoms with van der Waals surface area (Å²) in [5, 5.41) is 3.79. The molecule has 1 unspecified atom stereocenters. The Morgan fingerprint density at radius 1 is 1.02 bits per heavy atom. The molecule has 2 saturated heterocycles. The first-order valence-corrected chi connectivity index (χ1v) is 15.0. The summed E-state index contributed by atoms with van der Waals surface area (Å²) in [6, 6.07) is 21.2. The number of para-hydroxylation sites is 1. The lowest BCUT2D eigenvalue weighted by Gasteiger charge is -2.36. The Bertz CT molecular complexity index is 1610. The molecule has 5 heterocycles. The minimum absolute atomic E-state index is 0.0947. The molecular weight excluding hydrogens is 526 g/mol. The average molecular weight is 564 g/mol. The van der Waals surface area contributed by atoms with Crippen molar-refractivity contribution in [2.45, 2.75) is 44.9 Å². The molecule has 42 heavy (non-hydrogen) atoms. The van der Waals surface area contributed by atoms with Gasteiger partial charge in [0.1, 0.15) is 17.6 Å². The normalized spacial score (nSPS) is 19.1. The molecule has 2 aromatic heterocycles. The molecule has 3 aliphatic heterocycles. The van der Waals surface area contributed by atoms with Crippen molar-refractivity contribution in [2.75, 3.05) is 43.0 Å². The Morgan fingerprint density at radius 3 is 2.76 bits per heavy atom. The van der Waals surface area contributed by atoms with Gasteiger partial charge in [0.15, 0.2) is 0 Å². The standard InChI is InChI=1S/C34H37N5O3/c1-23-5-6-24(20-36-23)21-38-13-10-27(11-14-38)37-28-7-8-31-26(18-28)17-25-3-2-4-30(34(25)42-31)32-22-39(15-16-41-32)29-9-12-35-33(40)19-29/h2-9,12,18-20,27,32,37H,10-11,13-17,21-22H2,1H3,(H,35,40). The number of aromatic amines is 1. The van der Waals surface area contributed by atoms with Gasteiger partial charge in [-0.25, -0.2) is 0 Å². The molecule has 0 saturated carbocycles. The lowest BCUT2D eigenvalue weighted by molar-refractivity contribution is 0.0384. The van der Waals surface area contributed by atoms with Crippen LogP contribution >= 0.6 is 0 Å². The van der Waals surface area contributed by atoms with Crippen molar-refractivity contribution >= 4 is 11.4 Å². The largest absolute Gasteiger partial charge is 0.456 e. The van der Waals surface area contributed by atoms with Gasteiger partial charge in [-0.05, 0) is 61.2 Å². The van der Waals surface area contributed by atoms with Crippen LogP contribution in [0, 0.1) is 6.92 Å². The second-order valence-corrected chi connectivity index (χ2v) is 11.7. The van der Waals surface area contributed by atoms with Gasteiger partial charge in [-0.2, -0.15) is 0 Å². The monoisotopic (exact) mass is 563 g/mol. The molecule has 0 aliphatic carbocycles. The average Bonchev–Trinajstić information content (AvgIpc) is 3.02. The Morgan fingerprint density at radius 2 is 1.93 bits per heavy atom. The van der Waals surface area contributed by atoms with Crippen LogP contribution in [-0.2, 0) is 17.7 Å². The number of nitrogens with zero attached hydrogens (tertiary/aromatic N) is 3. The molecule has 7 rings (SSSR count). The first-order chi connectivity index (χ1) is 20.6. The van der Waals surface area contributed by atoms with E-state index in [0.717, 1.165) is 79.6 Å². The Hall–Kier alpha value is -4.14. The molecule has 2 aromatic carbocycles. The van der Waals surface area contributed by atoms with Crippen LogP contribution in [0.25, 0.3) is 0 Å². The van der Waals surface area contributed by atoms with Crippen LogP contribution in [0.4, 0.5) is 11.4 Å². The van der Waals surface area contributed by atoms with Gasteiger partial charge in [-0.1, -0.05) is 24.3 Å². The number of fused-ring (bicyclic) bond motifs is 2. The molecule has 4 aromatic rings. The van der Waals surface area contributed by atoms with Gasteiger partial charge in [0.05, 0.1) is 6.61 Å². The van der Waals surface area contributed by atoms with E-state index in [2.05, 4.69) is 73.6 Å². The number of H-pyrrole nitrogens is 1. The van der Waals surface area contributed by atoms with E-state index in [-0.39, 0.29) is 11.7 Å². The first kappa shape index (κ1) is 26.7. The van der Waals surface area contributed by atoms with Crippen LogP contribution in [0.2, 0.25) is 0 Å². The maximum absolute atomic E-state index is 11.9. The van der Waals surface area contributed by atoms with Crippen LogP contribution in [-0.4, -0.2) is 53.7 Å². The summed E-state index contributed by atoms with van der Waals surface area (Å²) >= 11 is 0. The fraction of sp³-hybridized carbons (Fsp3) is 0.353. The molecule has 8 heteroatoms. The topological polar surface area (TPSA) is 82.7 Å². The predicted molar refractivity (Wildman–Crippen MR) is 165 cm³/mol. The first-order valence-electron chi connectivity index (χ1n) is 15.0. The molecule has 2 N–H and O–H groups in total.